The molecule has 0 heterocycles. The van der Waals surface area contributed by atoms with E-state index < -0.39 is 5.97 Å². The van der Waals surface area contributed by atoms with Crippen LogP contribution in [0.4, 0.5) is 0 Å². The summed E-state index contributed by atoms with van der Waals surface area (Å²) in [5.74, 6) is -0.713. The summed E-state index contributed by atoms with van der Waals surface area (Å²) in [5.41, 5.74) is 5.23. The molecule has 0 aliphatic carbocycles. The number of rotatable bonds is 9. The first-order valence-corrected chi connectivity index (χ1v) is 5.44. The van der Waals surface area contributed by atoms with Gasteiger partial charge in [-0.2, -0.15) is 0 Å². The number of nitrogens with two attached hydrogens (primary N) is 1. The molecule has 0 fully saturated rings. The van der Waals surface area contributed by atoms with Gasteiger partial charge in [0.05, 0.1) is 0 Å². The minimum Gasteiger partial charge on any atom is -0.481 e. The fourth-order valence-electron chi connectivity index (χ4n) is 1.16. The predicted molar refractivity (Wildman–Crippen MR) is 63.1 cm³/mol. The molecule has 16 heavy (non-hydrogen) atoms. The molecule has 0 spiro atoms. The van der Waals surface area contributed by atoms with Crippen LogP contribution in [0.1, 0.15) is 32.1 Å². The van der Waals surface area contributed by atoms with Crippen molar-refractivity contribution in [3.63, 3.8) is 0 Å². The highest BCUT2D eigenvalue weighted by Crippen LogP contribution is 2.03. The Morgan fingerprint density at radius 2 is 1.75 bits per heavy atom. The number of ketones is 1. The number of carbonyl (C=O) groups is 2. The molecule has 0 amide bonds. The average Bonchev–Trinajstić information content (AvgIpc) is 2.23. The van der Waals surface area contributed by atoms with Crippen LogP contribution >= 0.6 is 0 Å². The van der Waals surface area contributed by atoms with E-state index in [0.717, 1.165) is 12.8 Å². The molecule has 4 nitrogen and oxygen atoms in total. The lowest BCUT2D eigenvalue weighted by Gasteiger charge is -1.96. The average molecular weight is 225 g/mol. The summed E-state index contributed by atoms with van der Waals surface area (Å²) in [6.45, 7) is 0.466. The van der Waals surface area contributed by atoms with Gasteiger partial charge in [-0.1, -0.05) is 24.6 Å². The summed E-state index contributed by atoms with van der Waals surface area (Å²) in [6.07, 6.45) is 9.52. The summed E-state index contributed by atoms with van der Waals surface area (Å²) in [6, 6.07) is 0. The second-order valence-electron chi connectivity index (χ2n) is 3.44. The van der Waals surface area contributed by atoms with Crippen LogP contribution in [-0.4, -0.2) is 23.4 Å². The fourth-order valence-corrected chi connectivity index (χ4v) is 1.16. The number of hydrogen-bond donors (Lipinski definition) is 2. The topological polar surface area (TPSA) is 80.4 Å². The Kier molecular flexibility index (Phi) is 9.21. The number of aliphatic carboxylic acids is 1. The second-order valence-corrected chi connectivity index (χ2v) is 3.44. The third-order valence-corrected chi connectivity index (χ3v) is 1.98. The van der Waals surface area contributed by atoms with E-state index >= 15 is 0 Å². The van der Waals surface area contributed by atoms with Crippen LogP contribution < -0.4 is 5.73 Å². The molecule has 0 rings (SSSR count). The van der Waals surface area contributed by atoms with Gasteiger partial charge in [0, 0.05) is 19.4 Å². The van der Waals surface area contributed by atoms with E-state index in [0.29, 0.717) is 19.4 Å². The zero-order chi connectivity index (χ0) is 12.2. The highest BCUT2D eigenvalue weighted by atomic mass is 16.4. The van der Waals surface area contributed by atoms with E-state index in [4.69, 9.17) is 10.8 Å². The third-order valence-electron chi connectivity index (χ3n) is 1.98. The highest BCUT2D eigenvalue weighted by molar-refractivity contribution is 5.89. The summed E-state index contributed by atoms with van der Waals surface area (Å²) < 4.78 is 0. The molecule has 0 aromatic heterocycles. The molecule has 0 unspecified atom stereocenters. The van der Waals surface area contributed by atoms with Gasteiger partial charge >= 0.3 is 5.97 Å². The van der Waals surface area contributed by atoms with E-state index in [-0.39, 0.29) is 12.2 Å². The van der Waals surface area contributed by atoms with E-state index in [1.807, 2.05) is 0 Å². The van der Waals surface area contributed by atoms with Gasteiger partial charge in [-0.3, -0.25) is 9.59 Å². The van der Waals surface area contributed by atoms with Crippen molar-refractivity contribution in [3.05, 3.63) is 24.3 Å². The van der Waals surface area contributed by atoms with Gasteiger partial charge in [0.1, 0.15) is 0 Å². The fraction of sp³-hybridized carbons (Fsp3) is 0.500. The lowest BCUT2D eigenvalue weighted by molar-refractivity contribution is -0.137. The molecule has 90 valence electrons. The van der Waals surface area contributed by atoms with Gasteiger partial charge in [-0.05, 0) is 18.9 Å². The van der Waals surface area contributed by atoms with Crippen molar-refractivity contribution in [1.29, 1.82) is 0 Å². The molecule has 0 bridgehead atoms. The van der Waals surface area contributed by atoms with Crippen LogP contribution in [-0.2, 0) is 9.59 Å². The summed E-state index contributed by atoms with van der Waals surface area (Å²) in [4.78, 5) is 21.4. The Morgan fingerprint density at radius 1 is 1.06 bits per heavy atom. The molecule has 0 aliphatic rings. The van der Waals surface area contributed by atoms with E-state index in [2.05, 4.69) is 0 Å². The Bertz CT molecular complexity index is 269. The minimum atomic E-state index is -0.779. The Morgan fingerprint density at radius 3 is 2.38 bits per heavy atom. The number of unbranched alkanes of at least 4 members (excludes halogenated alkanes) is 2. The molecular weight excluding hydrogens is 206 g/mol. The number of allylic oxidation sites excluding steroid dienone is 3. The molecule has 0 radical (unpaired) electrons. The van der Waals surface area contributed by atoms with Gasteiger partial charge in [0.25, 0.3) is 0 Å². The van der Waals surface area contributed by atoms with Crippen molar-refractivity contribution in [2.45, 2.75) is 32.1 Å². The summed E-state index contributed by atoms with van der Waals surface area (Å²) in [7, 11) is 0. The standard InChI is InChI=1S/C12H19NO3/c13-10-6-2-4-8-11(14)7-3-1-5-9-12(15)16/h2,4,6,8H,1,3,5,7,9-10,13H2,(H,15,16)/b6-2-,8-4?. The smallest absolute Gasteiger partial charge is 0.303 e. The molecule has 0 aliphatic heterocycles. The van der Waals surface area contributed by atoms with Gasteiger partial charge in [0.15, 0.2) is 5.78 Å². The van der Waals surface area contributed by atoms with Crippen molar-refractivity contribution in [3.8, 4) is 0 Å². The van der Waals surface area contributed by atoms with Crippen molar-refractivity contribution in [1.82, 2.24) is 0 Å². The Hall–Kier alpha value is -1.42. The molecule has 3 N–H and O–H groups in total. The maximum absolute atomic E-state index is 11.2. The minimum absolute atomic E-state index is 0.0667. The molecule has 0 atom stereocenters. The number of carboxylic acid groups (broad SMARTS) is 1. The van der Waals surface area contributed by atoms with Crippen LogP contribution in [0, 0.1) is 0 Å². The zero-order valence-electron chi connectivity index (χ0n) is 9.39. The monoisotopic (exact) mass is 225 g/mol. The maximum Gasteiger partial charge on any atom is 0.303 e. The first kappa shape index (κ1) is 14.6. The zero-order valence-corrected chi connectivity index (χ0v) is 9.39. The third kappa shape index (κ3) is 10.7. The Labute approximate surface area is 95.8 Å². The van der Waals surface area contributed by atoms with Crippen LogP contribution in [0.5, 0.6) is 0 Å². The second kappa shape index (κ2) is 10.1. The van der Waals surface area contributed by atoms with Crippen molar-refractivity contribution < 1.29 is 14.7 Å². The molecule has 0 aromatic rings. The summed E-state index contributed by atoms with van der Waals surface area (Å²) >= 11 is 0. The number of carboxylic acids is 1. The highest BCUT2D eigenvalue weighted by Gasteiger charge is 1.98. The van der Waals surface area contributed by atoms with E-state index in [1.54, 1.807) is 18.2 Å². The van der Waals surface area contributed by atoms with Gasteiger partial charge in [-0.15, -0.1) is 0 Å². The number of carbonyl (C=O) groups excluding carboxylic acids is 1. The van der Waals surface area contributed by atoms with Gasteiger partial charge in [-0.25, -0.2) is 0 Å². The Balaban J connectivity index is 3.47. The van der Waals surface area contributed by atoms with Crippen molar-refractivity contribution in [2.75, 3.05) is 6.54 Å². The van der Waals surface area contributed by atoms with E-state index in [1.165, 1.54) is 6.08 Å². The molecule has 0 aromatic carbocycles. The van der Waals surface area contributed by atoms with Crippen molar-refractivity contribution >= 4 is 11.8 Å². The lowest BCUT2D eigenvalue weighted by Crippen LogP contribution is -1.96. The molecule has 0 saturated carbocycles. The first-order valence-electron chi connectivity index (χ1n) is 5.44. The molecule has 0 saturated heterocycles. The largest absolute Gasteiger partial charge is 0.481 e. The first-order chi connectivity index (χ1) is 7.66. The maximum atomic E-state index is 11.2. The van der Waals surface area contributed by atoms with Crippen LogP contribution in [0.2, 0.25) is 0 Å². The predicted octanol–water partition coefficient (Wildman–Crippen LogP) is 1.66. The van der Waals surface area contributed by atoms with E-state index in [9.17, 15) is 9.59 Å². The quantitative estimate of drug-likeness (QED) is 0.355. The molecular formula is C12H19NO3. The van der Waals surface area contributed by atoms with Gasteiger partial charge < -0.3 is 10.8 Å². The lowest BCUT2D eigenvalue weighted by atomic mass is 10.1. The van der Waals surface area contributed by atoms with Crippen molar-refractivity contribution in [2.24, 2.45) is 5.73 Å². The van der Waals surface area contributed by atoms with Crippen LogP contribution in [0.15, 0.2) is 24.3 Å². The number of hydrogen-bond acceptors (Lipinski definition) is 3. The van der Waals surface area contributed by atoms with Gasteiger partial charge in [0.2, 0.25) is 0 Å². The van der Waals surface area contributed by atoms with Crippen LogP contribution in [0.3, 0.4) is 0 Å². The summed E-state index contributed by atoms with van der Waals surface area (Å²) in [5, 5.41) is 8.39. The van der Waals surface area contributed by atoms with Crippen LogP contribution in [0.25, 0.3) is 0 Å². The molecule has 4 heteroatoms. The normalized spacial score (nSPS) is 11.3. The SMILES string of the molecule is NC/C=C\C=CC(=O)CCCCCC(=O)O.